The minimum absolute atomic E-state index is 0.0676. The molecule has 1 saturated carbocycles. The van der Waals surface area contributed by atoms with Crippen molar-refractivity contribution in [3.63, 3.8) is 0 Å². The molecular weight excluding hydrogens is 452 g/mol. The summed E-state index contributed by atoms with van der Waals surface area (Å²) in [4.78, 5) is 39.7. The summed E-state index contributed by atoms with van der Waals surface area (Å²) >= 11 is 1.48. The lowest BCUT2D eigenvalue weighted by molar-refractivity contribution is -0.154. The van der Waals surface area contributed by atoms with Gasteiger partial charge < -0.3 is 20.1 Å². The molecule has 178 valence electrons. The Bertz CT molecular complexity index is 1090. The zero-order valence-corrected chi connectivity index (χ0v) is 19.8. The van der Waals surface area contributed by atoms with Crippen molar-refractivity contribution >= 4 is 29.7 Å². The Morgan fingerprint density at radius 2 is 1.71 bits per heavy atom. The van der Waals surface area contributed by atoms with E-state index in [2.05, 4.69) is 29.6 Å². The molecular formula is C26H28N2O5S. The summed E-state index contributed by atoms with van der Waals surface area (Å²) in [5.41, 5.74) is 3.45. The van der Waals surface area contributed by atoms with Gasteiger partial charge in [-0.3, -0.25) is 4.79 Å². The fourth-order valence-corrected chi connectivity index (χ4v) is 6.69. The van der Waals surface area contributed by atoms with E-state index < -0.39 is 23.6 Å². The van der Waals surface area contributed by atoms with Crippen molar-refractivity contribution in [2.45, 2.75) is 55.5 Å². The predicted molar refractivity (Wildman–Crippen MR) is 130 cm³/mol. The molecule has 8 heteroatoms. The van der Waals surface area contributed by atoms with Crippen molar-refractivity contribution in [2.24, 2.45) is 0 Å². The highest BCUT2D eigenvalue weighted by Gasteiger charge is 2.53. The molecule has 2 fully saturated rings. The number of alkyl carbamates (subject to hydrolysis) is 1. The molecule has 0 spiro atoms. The Balaban J connectivity index is 1.30. The molecule has 1 aliphatic heterocycles. The van der Waals surface area contributed by atoms with Crippen LogP contribution in [0.2, 0.25) is 0 Å². The zero-order valence-electron chi connectivity index (χ0n) is 19.0. The fourth-order valence-electron chi connectivity index (χ4n) is 5.34. The smallest absolute Gasteiger partial charge is 0.408 e. The quantitative estimate of drug-likeness (QED) is 0.643. The number of carboxylic acid groups (broad SMARTS) is 1. The van der Waals surface area contributed by atoms with Crippen molar-refractivity contribution < 1.29 is 24.2 Å². The first-order valence-electron chi connectivity index (χ1n) is 11.8. The van der Waals surface area contributed by atoms with Gasteiger partial charge in [-0.05, 0) is 47.9 Å². The van der Waals surface area contributed by atoms with Gasteiger partial charge in [0.1, 0.15) is 18.2 Å². The second-order valence-corrected chi connectivity index (χ2v) is 10.4. The molecule has 2 aromatic carbocycles. The highest BCUT2D eigenvalue weighted by atomic mass is 32.2. The molecule has 0 radical (unpaired) electrons. The Morgan fingerprint density at radius 1 is 1.09 bits per heavy atom. The maximum absolute atomic E-state index is 13.5. The lowest BCUT2D eigenvalue weighted by atomic mass is 9.75. The Hall–Kier alpha value is -3.00. The van der Waals surface area contributed by atoms with Gasteiger partial charge in [-0.25, -0.2) is 9.59 Å². The molecule has 0 aromatic heterocycles. The van der Waals surface area contributed by atoms with Crippen LogP contribution in [-0.2, 0) is 14.3 Å². The van der Waals surface area contributed by atoms with E-state index in [4.69, 9.17) is 4.74 Å². The number of benzene rings is 2. The molecule has 3 aliphatic rings. The third-order valence-electron chi connectivity index (χ3n) is 7.26. The fraction of sp³-hybridized carbons (Fsp3) is 0.423. The van der Waals surface area contributed by atoms with Crippen LogP contribution in [0.25, 0.3) is 11.1 Å². The molecule has 2 aliphatic carbocycles. The number of hydrogen-bond acceptors (Lipinski definition) is 5. The first kappa shape index (κ1) is 22.8. The van der Waals surface area contributed by atoms with E-state index in [1.54, 1.807) is 0 Å². The van der Waals surface area contributed by atoms with Gasteiger partial charge in [0.2, 0.25) is 5.91 Å². The average molecular weight is 481 g/mol. The maximum atomic E-state index is 13.5. The standard InChI is InChI=1S/C26H28N2O5S/c1-2-22-28(21(15-34-22)23(29)30)24(31)26(12-7-13-26)27-25(32)33-14-20-18-10-5-3-8-16(18)17-9-4-6-11-19(17)20/h3-6,8-11,20-22H,2,7,12-15H2,1H3,(H,27,32)(H,29,30). The van der Waals surface area contributed by atoms with Crippen LogP contribution in [0.5, 0.6) is 0 Å². The number of nitrogens with one attached hydrogen (secondary N) is 1. The van der Waals surface area contributed by atoms with Crippen LogP contribution in [0, 0.1) is 0 Å². The number of thioether (sulfide) groups is 1. The van der Waals surface area contributed by atoms with Crippen LogP contribution in [-0.4, -0.2) is 57.3 Å². The molecule has 0 bridgehead atoms. The summed E-state index contributed by atoms with van der Waals surface area (Å²) in [5, 5.41) is 12.3. The van der Waals surface area contributed by atoms with Gasteiger partial charge in [-0.2, -0.15) is 0 Å². The third kappa shape index (κ3) is 3.74. The van der Waals surface area contributed by atoms with Gasteiger partial charge >= 0.3 is 12.1 Å². The predicted octanol–water partition coefficient (Wildman–Crippen LogP) is 4.21. The molecule has 1 saturated heterocycles. The summed E-state index contributed by atoms with van der Waals surface area (Å²) in [6.45, 7) is 2.10. The van der Waals surface area contributed by atoms with E-state index >= 15 is 0 Å². The molecule has 2 unspecified atom stereocenters. The molecule has 2 N–H and O–H groups in total. The second kappa shape index (κ2) is 8.98. The lowest BCUT2D eigenvalue weighted by Gasteiger charge is -2.44. The van der Waals surface area contributed by atoms with Gasteiger partial charge in [-0.1, -0.05) is 55.5 Å². The van der Waals surface area contributed by atoms with E-state index in [-0.39, 0.29) is 23.8 Å². The van der Waals surface area contributed by atoms with Crippen molar-refractivity contribution in [3.05, 3.63) is 59.7 Å². The van der Waals surface area contributed by atoms with Gasteiger partial charge in [0.05, 0.1) is 5.37 Å². The number of carboxylic acids is 1. The molecule has 7 nitrogen and oxygen atoms in total. The molecule has 2 amide bonds. The number of rotatable bonds is 6. The SMILES string of the molecule is CCC1SCC(C(=O)O)N1C(=O)C1(NC(=O)OCC2c3ccccc3-c3ccccc32)CCC1. The normalized spacial score (nSPS) is 22.4. The summed E-state index contributed by atoms with van der Waals surface area (Å²) in [7, 11) is 0. The average Bonchev–Trinajstić information content (AvgIpc) is 3.39. The van der Waals surface area contributed by atoms with Gasteiger partial charge in [-0.15, -0.1) is 11.8 Å². The van der Waals surface area contributed by atoms with E-state index in [0.717, 1.165) is 28.7 Å². The molecule has 2 aromatic rings. The minimum Gasteiger partial charge on any atom is -0.480 e. The van der Waals surface area contributed by atoms with Crippen molar-refractivity contribution in [1.29, 1.82) is 0 Å². The van der Waals surface area contributed by atoms with Crippen LogP contribution in [0.4, 0.5) is 4.79 Å². The van der Waals surface area contributed by atoms with E-state index in [0.29, 0.717) is 25.0 Å². The summed E-state index contributed by atoms with van der Waals surface area (Å²) in [6.07, 6.45) is 1.79. The van der Waals surface area contributed by atoms with Crippen molar-refractivity contribution in [3.8, 4) is 11.1 Å². The minimum atomic E-state index is -1.09. The number of carbonyl (C=O) groups excluding carboxylic acids is 2. The van der Waals surface area contributed by atoms with Crippen LogP contribution in [0.3, 0.4) is 0 Å². The molecule has 1 heterocycles. The number of fused-ring (bicyclic) bond motifs is 3. The molecule has 2 atom stereocenters. The molecule has 5 rings (SSSR count). The Kier molecular flexibility index (Phi) is 6.02. The first-order valence-corrected chi connectivity index (χ1v) is 12.8. The number of nitrogens with zero attached hydrogens (tertiary/aromatic N) is 1. The van der Waals surface area contributed by atoms with Gasteiger partial charge in [0.25, 0.3) is 0 Å². The Morgan fingerprint density at radius 3 is 2.24 bits per heavy atom. The van der Waals surface area contributed by atoms with Crippen LogP contribution >= 0.6 is 11.8 Å². The van der Waals surface area contributed by atoms with Crippen molar-refractivity contribution in [1.82, 2.24) is 10.2 Å². The highest BCUT2D eigenvalue weighted by molar-refractivity contribution is 8.00. The monoisotopic (exact) mass is 480 g/mol. The number of ether oxygens (including phenoxy) is 1. The largest absolute Gasteiger partial charge is 0.480 e. The third-order valence-corrected chi connectivity index (χ3v) is 8.72. The first-order chi connectivity index (χ1) is 16.4. The second-order valence-electron chi connectivity index (χ2n) is 9.15. The van der Waals surface area contributed by atoms with Crippen LogP contribution in [0.1, 0.15) is 49.7 Å². The van der Waals surface area contributed by atoms with E-state index in [1.807, 2.05) is 31.2 Å². The highest BCUT2D eigenvalue weighted by Crippen LogP contribution is 2.45. The van der Waals surface area contributed by atoms with E-state index in [1.165, 1.54) is 16.7 Å². The summed E-state index contributed by atoms with van der Waals surface area (Å²) in [5.74, 6) is -1.02. The number of amides is 2. The zero-order chi connectivity index (χ0) is 23.9. The maximum Gasteiger partial charge on any atom is 0.408 e. The van der Waals surface area contributed by atoms with Crippen molar-refractivity contribution in [2.75, 3.05) is 12.4 Å². The lowest BCUT2D eigenvalue weighted by Crippen LogP contribution is -2.66. The summed E-state index contributed by atoms with van der Waals surface area (Å²) < 4.78 is 5.67. The Labute approximate surface area is 202 Å². The number of hydrogen-bond donors (Lipinski definition) is 2. The van der Waals surface area contributed by atoms with Crippen LogP contribution < -0.4 is 5.32 Å². The number of carbonyl (C=O) groups is 3. The van der Waals surface area contributed by atoms with Gasteiger partial charge in [0, 0.05) is 11.7 Å². The number of aliphatic carboxylic acids is 1. The van der Waals surface area contributed by atoms with Crippen LogP contribution in [0.15, 0.2) is 48.5 Å². The summed E-state index contributed by atoms with van der Waals surface area (Å²) in [6, 6.07) is 15.4. The van der Waals surface area contributed by atoms with Gasteiger partial charge in [0.15, 0.2) is 0 Å². The molecule has 34 heavy (non-hydrogen) atoms. The topological polar surface area (TPSA) is 95.9 Å². The van der Waals surface area contributed by atoms with E-state index in [9.17, 15) is 19.5 Å².